The predicted octanol–water partition coefficient (Wildman–Crippen LogP) is 11.7. The number of aliphatic hydroxyl groups is 2. The van der Waals surface area contributed by atoms with Gasteiger partial charge >= 0.3 is 0 Å². The molecule has 0 aliphatic heterocycles. The van der Waals surface area contributed by atoms with Crippen molar-refractivity contribution in [3.63, 3.8) is 0 Å². The van der Waals surface area contributed by atoms with Gasteiger partial charge < -0.3 is 15.5 Å². The molecule has 0 unspecified atom stereocenters. The highest BCUT2D eigenvalue weighted by molar-refractivity contribution is 5.76. The number of hydrogen-bond acceptors (Lipinski definition) is 3. The van der Waals surface area contributed by atoms with Crippen LogP contribution in [0.15, 0.2) is 0 Å². The maximum absolute atomic E-state index is 12.3. The molecule has 0 radical (unpaired) electrons. The number of hydrogen-bond donors (Lipinski definition) is 3. The summed E-state index contributed by atoms with van der Waals surface area (Å²) < 4.78 is 0. The highest BCUT2D eigenvalue weighted by Gasteiger charge is 2.19. The molecule has 4 heteroatoms. The Kier molecular flexibility index (Phi) is 35.4. The summed E-state index contributed by atoms with van der Waals surface area (Å²) in [6.45, 7) is 4.36. The molecule has 0 heterocycles. The monoisotopic (exact) mass is 610 g/mol. The highest BCUT2D eigenvalue weighted by Crippen LogP contribution is 2.16. The van der Waals surface area contributed by atoms with Gasteiger partial charge in [0.15, 0.2) is 0 Å². The Bertz CT molecular complexity index is 541. The van der Waals surface area contributed by atoms with E-state index in [-0.39, 0.29) is 12.5 Å². The van der Waals surface area contributed by atoms with Crippen LogP contribution in [0, 0.1) is 0 Å². The van der Waals surface area contributed by atoms with E-state index < -0.39 is 12.1 Å². The number of rotatable bonds is 36. The van der Waals surface area contributed by atoms with Crippen molar-refractivity contribution in [2.45, 2.75) is 238 Å². The summed E-state index contributed by atoms with van der Waals surface area (Å²) in [5.74, 6) is -0.0287. The Labute approximate surface area is 270 Å². The summed E-state index contributed by atoms with van der Waals surface area (Å²) >= 11 is 0. The van der Waals surface area contributed by atoms with Crippen LogP contribution in [0.4, 0.5) is 0 Å². The van der Waals surface area contributed by atoms with Gasteiger partial charge in [-0.15, -0.1) is 0 Å². The second kappa shape index (κ2) is 35.9. The van der Waals surface area contributed by atoms with Gasteiger partial charge in [-0.2, -0.15) is 0 Å². The van der Waals surface area contributed by atoms with Crippen LogP contribution >= 0.6 is 0 Å². The first-order chi connectivity index (χ1) is 21.2. The molecule has 43 heavy (non-hydrogen) atoms. The van der Waals surface area contributed by atoms with Crippen LogP contribution in [-0.4, -0.2) is 34.9 Å². The molecule has 0 rings (SSSR count). The first-order valence-corrected chi connectivity index (χ1v) is 19.7. The molecule has 4 nitrogen and oxygen atoms in total. The number of carbonyl (C=O) groups is 1. The minimum atomic E-state index is -0.650. The summed E-state index contributed by atoms with van der Waals surface area (Å²) in [5.41, 5.74) is 0. The largest absolute Gasteiger partial charge is 0.394 e. The molecule has 0 aromatic carbocycles. The van der Waals surface area contributed by atoms with Crippen molar-refractivity contribution in [2.75, 3.05) is 6.61 Å². The van der Waals surface area contributed by atoms with E-state index in [0.29, 0.717) is 12.8 Å². The van der Waals surface area contributed by atoms with Crippen LogP contribution in [0.5, 0.6) is 0 Å². The quantitative estimate of drug-likeness (QED) is 0.0619. The van der Waals surface area contributed by atoms with E-state index in [2.05, 4.69) is 19.2 Å². The zero-order chi connectivity index (χ0) is 31.5. The summed E-state index contributed by atoms with van der Waals surface area (Å²) in [5, 5.41) is 23.0. The van der Waals surface area contributed by atoms with Crippen molar-refractivity contribution in [1.29, 1.82) is 0 Å². The Morgan fingerprint density at radius 1 is 0.465 bits per heavy atom. The molecule has 0 bridgehead atoms. The fourth-order valence-corrected chi connectivity index (χ4v) is 6.30. The maximum Gasteiger partial charge on any atom is 0.220 e. The van der Waals surface area contributed by atoms with Crippen molar-refractivity contribution in [3.8, 4) is 0 Å². The topological polar surface area (TPSA) is 69.6 Å². The molecule has 1 amide bonds. The molecule has 0 aliphatic carbocycles. The van der Waals surface area contributed by atoms with E-state index in [1.165, 1.54) is 173 Å². The van der Waals surface area contributed by atoms with Crippen molar-refractivity contribution in [3.05, 3.63) is 0 Å². The molecular formula is C39H79NO3. The third-order valence-electron chi connectivity index (χ3n) is 9.37. The summed E-state index contributed by atoms with van der Waals surface area (Å²) in [4.78, 5) is 12.3. The van der Waals surface area contributed by atoms with E-state index in [0.717, 1.165) is 25.7 Å². The lowest BCUT2D eigenvalue weighted by molar-refractivity contribution is -0.123. The van der Waals surface area contributed by atoms with Gasteiger partial charge in [0.25, 0.3) is 0 Å². The van der Waals surface area contributed by atoms with E-state index in [1.54, 1.807) is 0 Å². The van der Waals surface area contributed by atoms with Crippen molar-refractivity contribution >= 4 is 5.91 Å². The van der Waals surface area contributed by atoms with Gasteiger partial charge in [-0.1, -0.05) is 206 Å². The van der Waals surface area contributed by atoms with Crippen LogP contribution in [0.1, 0.15) is 226 Å². The van der Waals surface area contributed by atoms with Crippen LogP contribution < -0.4 is 5.32 Å². The van der Waals surface area contributed by atoms with Crippen LogP contribution in [0.25, 0.3) is 0 Å². The van der Waals surface area contributed by atoms with Gasteiger partial charge in [0.2, 0.25) is 5.91 Å². The number of aliphatic hydroxyl groups excluding tert-OH is 2. The number of nitrogens with one attached hydrogen (secondary N) is 1. The predicted molar refractivity (Wildman–Crippen MR) is 189 cm³/mol. The smallest absolute Gasteiger partial charge is 0.220 e. The lowest BCUT2D eigenvalue weighted by Gasteiger charge is -2.22. The molecule has 0 spiro atoms. The van der Waals surface area contributed by atoms with Gasteiger partial charge in [-0.05, 0) is 12.8 Å². The molecular weight excluding hydrogens is 530 g/mol. The van der Waals surface area contributed by atoms with E-state index >= 15 is 0 Å². The fraction of sp³-hybridized carbons (Fsp3) is 0.974. The minimum Gasteiger partial charge on any atom is -0.394 e. The van der Waals surface area contributed by atoms with Gasteiger partial charge in [-0.3, -0.25) is 4.79 Å². The Morgan fingerprint density at radius 2 is 0.744 bits per heavy atom. The van der Waals surface area contributed by atoms with Crippen LogP contribution in [-0.2, 0) is 4.79 Å². The summed E-state index contributed by atoms with van der Waals surface area (Å²) in [6.07, 6.45) is 41.7. The van der Waals surface area contributed by atoms with Gasteiger partial charge in [-0.25, -0.2) is 0 Å². The Hall–Kier alpha value is -0.610. The third kappa shape index (κ3) is 32.6. The summed E-state index contributed by atoms with van der Waals surface area (Å²) in [6, 6.07) is -0.527. The third-order valence-corrected chi connectivity index (χ3v) is 9.37. The molecule has 0 aromatic heterocycles. The average molecular weight is 610 g/mol. The molecule has 3 N–H and O–H groups in total. The molecule has 0 fully saturated rings. The van der Waals surface area contributed by atoms with Gasteiger partial charge in [0, 0.05) is 6.42 Å². The SMILES string of the molecule is CCCCCCCCCCCCCCCCCCCCCCCC(=O)N[C@@H](CO)[C@H](O)CCCCCCCCCCCC. The number of amides is 1. The second-order valence-corrected chi connectivity index (χ2v) is 13.7. The zero-order valence-corrected chi connectivity index (χ0v) is 29.5. The first kappa shape index (κ1) is 42.4. The lowest BCUT2D eigenvalue weighted by atomic mass is 10.0. The zero-order valence-electron chi connectivity index (χ0n) is 29.5. The normalized spacial score (nSPS) is 12.9. The van der Waals surface area contributed by atoms with Gasteiger partial charge in [0.1, 0.15) is 0 Å². The van der Waals surface area contributed by atoms with Crippen molar-refractivity contribution < 1.29 is 15.0 Å². The van der Waals surface area contributed by atoms with E-state index in [4.69, 9.17) is 0 Å². The molecule has 2 atom stereocenters. The Morgan fingerprint density at radius 3 is 1.05 bits per heavy atom. The lowest BCUT2D eigenvalue weighted by Crippen LogP contribution is -2.45. The van der Waals surface area contributed by atoms with Crippen LogP contribution in [0.3, 0.4) is 0 Å². The minimum absolute atomic E-state index is 0.0287. The average Bonchev–Trinajstić information content (AvgIpc) is 3.01. The second-order valence-electron chi connectivity index (χ2n) is 13.7. The molecule has 0 aromatic rings. The molecule has 0 saturated carbocycles. The molecule has 0 aliphatic rings. The standard InChI is InChI=1S/C39H79NO3/c1-3-5-7-9-11-13-15-16-17-18-19-20-21-22-23-24-25-27-29-31-33-35-39(43)40-37(36-41)38(42)34-32-30-28-26-14-12-10-8-6-4-2/h37-38,41-42H,3-36H2,1-2H3,(H,40,43)/t37-,38+/m0/s1. The number of carbonyl (C=O) groups excluding carboxylic acids is 1. The molecule has 0 saturated heterocycles. The maximum atomic E-state index is 12.3. The Balaban J connectivity index is 3.44. The highest BCUT2D eigenvalue weighted by atomic mass is 16.3. The van der Waals surface area contributed by atoms with Crippen LogP contribution in [0.2, 0.25) is 0 Å². The van der Waals surface area contributed by atoms with E-state index in [9.17, 15) is 15.0 Å². The first-order valence-electron chi connectivity index (χ1n) is 19.7. The summed E-state index contributed by atoms with van der Waals surface area (Å²) in [7, 11) is 0. The van der Waals surface area contributed by atoms with Crippen molar-refractivity contribution in [2.24, 2.45) is 0 Å². The fourth-order valence-electron chi connectivity index (χ4n) is 6.30. The van der Waals surface area contributed by atoms with Gasteiger partial charge in [0.05, 0.1) is 18.8 Å². The van der Waals surface area contributed by atoms with Crippen molar-refractivity contribution in [1.82, 2.24) is 5.32 Å². The molecule has 258 valence electrons. The van der Waals surface area contributed by atoms with E-state index in [1.807, 2.05) is 0 Å². The number of unbranched alkanes of at least 4 members (excludes halogenated alkanes) is 29.